The molecule has 0 heterocycles. The fourth-order valence-electron chi connectivity index (χ4n) is 1.71. The fraction of sp³-hybridized carbons (Fsp3) is 0.938. The van der Waals surface area contributed by atoms with Crippen LogP contribution in [0.4, 0.5) is 4.79 Å². The van der Waals surface area contributed by atoms with Gasteiger partial charge in [0, 0.05) is 19.7 Å². The summed E-state index contributed by atoms with van der Waals surface area (Å²) in [5.41, 5.74) is -0.597. The Balaban J connectivity index is 4.18. The zero-order valence-electron chi connectivity index (χ0n) is 15.0. The Bertz CT molecular complexity index is 309. The maximum Gasteiger partial charge on any atom is 0.407 e. The highest BCUT2D eigenvalue weighted by atomic mass is 16.6. The molecule has 21 heavy (non-hydrogen) atoms. The van der Waals surface area contributed by atoms with Gasteiger partial charge in [0.2, 0.25) is 0 Å². The number of hydrogen-bond donors (Lipinski definition) is 2. The zero-order chi connectivity index (χ0) is 16.7. The van der Waals surface area contributed by atoms with Gasteiger partial charge in [-0.25, -0.2) is 4.79 Å². The van der Waals surface area contributed by atoms with Crippen LogP contribution in [0.3, 0.4) is 0 Å². The summed E-state index contributed by atoms with van der Waals surface area (Å²) >= 11 is 0. The van der Waals surface area contributed by atoms with E-state index in [1.807, 2.05) is 20.8 Å². The molecule has 0 aliphatic carbocycles. The summed E-state index contributed by atoms with van der Waals surface area (Å²) in [6, 6.07) is 0.213. The minimum atomic E-state index is -0.465. The molecule has 2 N–H and O–H groups in total. The maximum absolute atomic E-state index is 11.7. The minimum absolute atomic E-state index is 0.132. The Morgan fingerprint density at radius 2 is 1.71 bits per heavy atom. The molecule has 0 spiro atoms. The van der Waals surface area contributed by atoms with Crippen molar-refractivity contribution < 1.29 is 14.3 Å². The third-order valence-corrected chi connectivity index (χ3v) is 3.36. The van der Waals surface area contributed by atoms with Gasteiger partial charge in [-0.3, -0.25) is 0 Å². The number of methoxy groups -OCH3 is 1. The molecule has 0 saturated heterocycles. The van der Waals surface area contributed by atoms with Gasteiger partial charge in [-0.1, -0.05) is 13.8 Å². The predicted molar refractivity (Wildman–Crippen MR) is 86.6 cm³/mol. The van der Waals surface area contributed by atoms with Crippen LogP contribution < -0.4 is 10.6 Å². The second-order valence-corrected chi connectivity index (χ2v) is 7.40. The molecule has 0 saturated carbocycles. The maximum atomic E-state index is 11.7. The first kappa shape index (κ1) is 20.2. The van der Waals surface area contributed by atoms with E-state index >= 15 is 0 Å². The van der Waals surface area contributed by atoms with Crippen LogP contribution in [0.1, 0.15) is 54.9 Å². The molecule has 0 radical (unpaired) electrons. The Kier molecular flexibility index (Phi) is 8.26. The molecular weight excluding hydrogens is 268 g/mol. The first-order valence-electron chi connectivity index (χ1n) is 7.72. The summed E-state index contributed by atoms with van der Waals surface area (Å²) in [6.45, 7) is 15.4. The largest absolute Gasteiger partial charge is 0.444 e. The van der Waals surface area contributed by atoms with Gasteiger partial charge in [0.1, 0.15) is 5.60 Å². The minimum Gasteiger partial charge on any atom is -0.444 e. The Morgan fingerprint density at radius 3 is 2.14 bits per heavy atom. The van der Waals surface area contributed by atoms with E-state index in [4.69, 9.17) is 9.47 Å². The van der Waals surface area contributed by atoms with Crippen molar-refractivity contribution in [1.82, 2.24) is 10.6 Å². The van der Waals surface area contributed by atoms with Crippen molar-refractivity contribution in [2.24, 2.45) is 5.92 Å². The predicted octanol–water partition coefficient (Wildman–Crippen LogP) is 2.94. The van der Waals surface area contributed by atoms with Crippen LogP contribution in [0.5, 0.6) is 0 Å². The Labute approximate surface area is 130 Å². The first-order chi connectivity index (χ1) is 9.47. The van der Waals surface area contributed by atoms with Gasteiger partial charge in [-0.15, -0.1) is 0 Å². The highest BCUT2D eigenvalue weighted by Crippen LogP contribution is 2.12. The van der Waals surface area contributed by atoms with Gasteiger partial charge in [0.25, 0.3) is 0 Å². The van der Waals surface area contributed by atoms with Crippen molar-refractivity contribution in [1.29, 1.82) is 0 Å². The van der Waals surface area contributed by atoms with Crippen LogP contribution in [0, 0.1) is 5.92 Å². The van der Waals surface area contributed by atoms with E-state index in [1.54, 1.807) is 7.11 Å². The summed E-state index contributed by atoms with van der Waals surface area (Å²) in [5, 5.41) is 6.30. The van der Waals surface area contributed by atoms with Crippen molar-refractivity contribution >= 4 is 6.09 Å². The third-order valence-electron chi connectivity index (χ3n) is 3.36. The van der Waals surface area contributed by atoms with Crippen LogP contribution in [-0.2, 0) is 9.47 Å². The lowest BCUT2D eigenvalue weighted by Crippen LogP contribution is -2.46. The number of alkyl carbamates (subject to hydrolysis) is 1. The van der Waals surface area contributed by atoms with Gasteiger partial charge in [0.15, 0.2) is 0 Å². The monoisotopic (exact) mass is 302 g/mol. The van der Waals surface area contributed by atoms with E-state index in [0.29, 0.717) is 12.5 Å². The van der Waals surface area contributed by atoms with Crippen molar-refractivity contribution in [2.45, 2.75) is 72.1 Å². The van der Waals surface area contributed by atoms with Crippen LogP contribution in [0.25, 0.3) is 0 Å². The molecule has 5 heteroatoms. The average Bonchev–Trinajstić information content (AvgIpc) is 2.30. The quantitative estimate of drug-likeness (QED) is 0.724. The van der Waals surface area contributed by atoms with Gasteiger partial charge in [-0.05, 0) is 53.5 Å². The molecule has 0 aromatic heterocycles. The number of rotatable bonds is 8. The topological polar surface area (TPSA) is 59.6 Å². The number of hydrogen-bond acceptors (Lipinski definition) is 4. The second-order valence-electron chi connectivity index (χ2n) is 7.40. The molecule has 0 fully saturated rings. The average molecular weight is 302 g/mol. The summed E-state index contributed by atoms with van der Waals surface area (Å²) in [7, 11) is 1.73. The van der Waals surface area contributed by atoms with Gasteiger partial charge in [0.05, 0.1) is 5.60 Å². The molecule has 0 bridgehead atoms. The molecule has 0 aromatic carbocycles. The Hall–Kier alpha value is -0.810. The lowest BCUT2D eigenvalue weighted by Gasteiger charge is -2.27. The van der Waals surface area contributed by atoms with Crippen molar-refractivity contribution in [2.75, 3.05) is 20.2 Å². The van der Waals surface area contributed by atoms with E-state index in [1.165, 1.54) is 0 Å². The molecule has 0 rings (SSSR count). The van der Waals surface area contributed by atoms with E-state index in [-0.39, 0.29) is 17.7 Å². The normalized spacial score (nSPS) is 14.1. The molecule has 1 amide bonds. The standard InChI is InChI=1S/C16H34N2O3/c1-12(2)13(17-10-9-16(6,7)20-8)11-18-14(19)21-15(3,4)5/h12-13,17H,9-11H2,1-8H3,(H,18,19). The van der Waals surface area contributed by atoms with Crippen LogP contribution in [-0.4, -0.2) is 43.5 Å². The van der Waals surface area contributed by atoms with Gasteiger partial charge < -0.3 is 20.1 Å². The van der Waals surface area contributed by atoms with Crippen molar-refractivity contribution in [3.05, 3.63) is 0 Å². The summed E-state index contributed by atoms with van der Waals surface area (Å²) < 4.78 is 10.6. The lowest BCUT2D eigenvalue weighted by atomic mass is 10.0. The van der Waals surface area contributed by atoms with E-state index in [0.717, 1.165) is 13.0 Å². The number of amides is 1. The van der Waals surface area contributed by atoms with Crippen molar-refractivity contribution in [3.63, 3.8) is 0 Å². The van der Waals surface area contributed by atoms with Crippen LogP contribution in [0.2, 0.25) is 0 Å². The molecule has 5 nitrogen and oxygen atoms in total. The number of carbonyl (C=O) groups is 1. The number of carbonyl (C=O) groups excluding carboxylic acids is 1. The van der Waals surface area contributed by atoms with E-state index in [2.05, 4.69) is 38.3 Å². The molecule has 1 unspecified atom stereocenters. The first-order valence-corrected chi connectivity index (χ1v) is 7.72. The molecular formula is C16H34N2O3. The highest BCUT2D eigenvalue weighted by molar-refractivity contribution is 5.67. The van der Waals surface area contributed by atoms with Gasteiger partial charge in [-0.2, -0.15) is 0 Å². The highest BCUT2D eigenvalue weighted by Gasteiger charge is 2.20. The van der Waals surface area contributed by atoms with Crippen LogP contribution >= 0.6 is 0 Å². The summed E-state index contributed by atoms with van der Waals surface area (Å²) in [5.74, 6) is 0.422. The second kappa shape index (κ2) is 8.59. The van der Waals surface area contributed by atoms with E-state index in [9.17, 15) is 4.79 Å². The fourth-order valence-corrected chi connectivity index (χ4v) is 1.71. The molecule has 0 aliphatic rings. The SMILES string of the molecule is COC(C)(C)CCNC(CNC(=O)OC(C)(C)C)C(C)C. The smallest absolute Gasteiger partial charge is 0.407 e. The van der Waals surface area contributed by atoms with Gasteiger partial charge >= 0.3 is 6.09 Å². The number of ether oxygens (including phenoxy) is 2. The summed E-state index contributed by atoms with van der Waals surface area (Å²) in [6.07, 6.45) is 0.547. The van der Waals surface area contributed by atoms with Crippen molar-refractivity contribution in [3.8, 4) is 0 Å². The molecule has 1 atom stereocenters. The molecule has 0 aromatic rings. The Morgan fingerprint density at radius 1 is 1.14 bits per heavy atom. The molecule has 0 aliphatic heterocycles. The lowest BCUT2D eigenvalue weighted by molar-refractivity contribution is 0.0149. The summed E-state index contributed by atoms with van der Waals surface area (Å²) in [4.78, 5) is 11.7. The third kappa shape index (κ3) is 10.5. The number of nitrogens with one attached hydrogen (secondary N) is 2. The zero-order valence-corrected chi connectivity index (χ0v) is 15.0. The molecule has 126 valence electrons. The van der Waals surface area contributed by atoms with Crippen LogP contribution in [0.15, 0.2) is 0 Å². The van der Waals surface area contributed by atoms with E-state index < -0.39 is 5.60 Å².